The zero-order valence-corrected chi connectivity index (χ0v) is 19.1. The lowest BCUT2D eigenvalue weighted by atomic mass is 10.2. The van der Waals surface area contributed by atoms with Crippen LogP contribution in [0.1, 0.15) is 6.92 Å². The van der Waals surface area contributed by atoms with Crippen molar-refractivity contribution in [2.24, 2.45) is 0 Å². The number of para-hydroxylation sites is 1. The Balaban J connectivity index is 1.26. The predicted molar refractivity (Wildman–Crippen MR) is 132 cm³/mol. The Morgan fingerprint density at radius 3 is 2.44 bits per heavy atom. The summed E-state index contributed by atoms with van der Waals surface area (Å²) in [6, 6.07) is 17.7. The molecule has 5 rings (SSSR count). The number of nitrogens with one attached hydrogen (secondary N) is 1. The van der Waals surface area contributed by atoms with Gasteiger partial charge in [0.25, 0.3) is 0 Å². The third-order valence-electron chi connectivity index (χ3n) is 5.86. The van der Waals surface area contributed by atoms with Crippen LogP contribution in [-0.2, 0) is 11.3 Å². The second-order valence-electron chi connectivity index (χ2n) is 8.05. The molecule has 4 aromatic rings. The lowest BCUT2D eigenvalue weighted by Gasteiger charge is -2.36. The smallest absolute Gasteiger partial charge is 0.246 e. The Hall–Kier alpha value is -4.14. The first-order valence-corrected chi connectivity index (χ1v) is 11.5. The van der Waals surface area contributed by atoms with Gasteiger partial charge in [-0.25, -0.2) is 14.6 Å². The maximum absolute atomic E-state index is 12.6. The number of hydrogen-bond acceptors (Lipinski definition) is 7. The first kappa shape index (κ1) is 21.7. The van der Waals surface area contributed by atoms with Gasteiger partial charge in [0.1, 0.15) is 24.4 Å². The molecule has 1 aliphatic heterocycles. The highest BCUT2D eigenvalue weighted by atomic mass is 16.5. The number of piperazine rings is 1. The number of ether oxygens (including phenoxy) is 1. The largest absolute Gasteiger partial charge is 0.494 e. The fourth-order valence-corrected chi connectivity index (χ4v) is 4.20. The molecule has 0 spiro atoms. The molecule has 0 aliphatic carbocycles. The maximum Gasteiger partial charge on any atom is 0.246 e. The molecule has 1 N–H and O–H groups in total. The second-order valence-corrected chi connectivity index (χ2v) is 8.05. The van der Waals surface area contributed by atoms with Crippen LogP contribution in [0.15, 0.2) is 67.1 Å². The molecule has 0 unspecified atom stereocenters. The van der Waals surface area contributed by atoms with Gasteiger partial charge in [0.2, 0.25) is 5.91 Å². The summed E-state index contributed by atoms with van der Waals surface area (Å²) >= 11 is 0. The molecular weight excluding hydrogens is 430 g/mol. The average Bonchev–Trinajstić information content (AvgIpc) is 3.29. The Kier molecular flexibility index (Phi) is 6.24. The van der Waals surface area contributed by atoms with Gasteiger partial charge in [-0.1, -0.05) is 18.2 Å². The van der Waals surface area contributed by atoms with E-state index in [1.54, 1.807) is 17.2 Å². The van der Waals surface area contributed by atoms with E-state index in [0.717, 1.165) is 43.1 Å². The fourth-order valence-electron chi connectivity index (χ4n) is 4.20. The van der Waals surface area contributed by atoms with Crippen LogP contribution in [0.5, 0.6) is 5.75 Å². The van der Waals surface area contributed by atoms with Crippen molar-refractivity contribution in [2.45, 2.75) is 13.5 Å². The third-order valence-corrected chi connectivity index (χ3v) is 5.86. The van der Waals surface area contributed by atoms with Crippen molar-refractivity contribution in [1.82, 2.24) is 19.7 Å². The molecule has 1 fully saturated rings. The Bertz CT molecular complexity index is 1250. The van der Waals surface area contributed by atoms with Crippen LogP contribution in [-0.4, -0.2) is 58.4 Å². The first-order chi connectivity index (χ1) is 16.7. The van der Waals surface area contributed by atoms with Gasteiger partial charge in [0.15, 0.2) is 5.65 Å². The molecule has 0 saturated carbocycles. The lowest BCUT2D eigenvalue weighted by molar-refractivity contribution is -0.116. The first-order valence-electron chi connectivity index (χ1n) is 11.5. The van der Waals surface area contributed by atoms with Crippen molar-refractivity contribution in [3.8, 4) is 5.75 Å². The molecular formula is C25H27N7O2. The number of aromatic nitrogens is 4. The van der Waals surface area contributed by atoms with Gasteiger partial charge in [-0.05, 0) is 43.3 Å². The van der Waals surface area contributed by atoms with Crippen molar-refractivity contribution in [3.05, 3.63) is 67.1 Å². The Morgan fingerprint density at radius 1 is 0.971 bits per heavy atom. The van der Waals surface area contributed by atoms with E-state index in [0.29, 0.717) is 17.9 Å². The van der Waals surface area contributed by atoms with E-state index in [9.17, 15) is 4.79 Å². The average molecular weight is 458 g/mol. The number of anilines is 3. The van der Waals surface area contributed by atoms with E-state index in [4.69, 9.17) is 4.74 Å². The van der Waals surface area contributed by atoms with Gasteiger partial charge in [-0.3, -0.25) is 4.79 Å². The summed E-state index contributed by atoms with van der Waals surface area (Å²) < 4.78 is 7.06. The summed E-state index contributed by atoms with van der Waals surface area (Å²) in [5.74, 6) is 1.45. The number of carbonyl (C=O) groups excluding carboxylic acids is 1. The number of fused-ring (bicyclic) bond motifs is 1. The van der Waals surface area contributed by atoms with E-state index in [1.165, 1.54) is 5.69 Å². The molecule has 0 radical (unpaired) electrons. The summed E-state index contributed by atoms with van der Waals surface area (Å²) in [6.07, 6.45) is 3.29. The number of rotatable bonds is 7. The van der Waals surface area contributed by atoms with Crippen LogP contribution in [0.2, 0.25) is 0 Å². The summed E-state index contributed by atoms with van der Waals surface area (Å²) in [6.45, 7) is 6.13. The quantitative estimate of drug-likeness (QED) is 0.456. The molecule has 9 nitrogen and oxygen atoms in total. The number of benzene rings is 2. The van der Waals surface area contributed by atoms with E-state index >= 15 is 0 Å². The number of amides is 1. The lowest BCUT2D eigenvalue weighted by Crippen LogP contribution is -2.46. The molecule has 3 heterocycles. The van der Waals surface area contributed by atoms with E-state index in [2.05, 4.69) is 54.4 Å². The van der Waals surface area contributed by atoms with E-state index in [-0.39, 0.29) is 12.5 Å². The van der Waals surface area contributed by atoms with E-state index in [1.807, 2.05) is 37.3 Å². The minimum absolute atomic E-state index is 0.0644. The number of hydrogen-bond donors (Lipinski definition) is 1. The zero-order valence-electron chi connectivity index (χ0n) is 19.1. The van der Waals surface area contributed by atoms with Crippen molar-refractivity contribution >= 4 is 34.1 Å². The van der Waals surface area contributed by atoms with Gasteiger partial charge >= 0.3 is 0 Å². The topological polar surface area (TPSA) is 88.4 Å². The SMILES string of the molecule is CCOc1ccc(NC(=O)Cn2ncc3c(N4CCN(c5ccccc5)CC4)ncnc32)cc1. The predicted octanol–water partition coefficient (Wildman–Crippen LogP) is 3.19. The van der Waals surface area contributed by atoms with Gasteiger partial charge in [-0.15, -0.1) is 0 Å². The molecule has 1 amide bonds. The minimum atomic E-state index is -0.175. The molecule has 174 valence electrons. The summed E-state index contributed by atoms with van der Waals surface area (Å²) in [4.78, 5) is 26.2. The number of nitrogens with zero attached hydrogens (tertiary/aromatic N) is 6. The van der Waals surface area contributed by atoms with Gasteiger partial charge in [0.05, 0.1) is 18.2 Å². The summed E-state index contributed by atoms with van der Waals surface area (Å²) in [5.41, 5.74) is 2.59. The molecule has 34 heavy (non-hydrogen) atoms. The van der Waals surface area contributed by atoms with Gasteiger partial charge in [-0.2, -0.15) is 5.10 Å². The minimum Gasteiger partial charge on any atom is -0.494 e. The molecule has 0 bridgehead atoms. The second kappa shape index (κ2) is 9.78. The van der Waals surface area contributed by atoms with Gasteiger partial charge < -0.3 is 19.9 Å². The van der Waals surface area contributed by atoms with Crippen molar-refractivity contribution in [1.29, 1.82) is 0 Å². The fraction of sp³-hybridized carbons (Fsp3) is 0.280. The van der Waals surface area contributed by atoms with Gasteiger partial charge in [0, 0.05) is 37.6 Å². The normalized spacial score (nSPS) is 13.8. The van der Waals surface area contributed by atoms with Crippen molar-refractivity contribution < 1.29 is 9.53 Å². The highest BCUT2D eigenvalue weighted by Gasteiger charge is 2.22. The van der Waals surface area contributed by atoms with E-state index < -0.39 is 0 Å². The molecule has 1 saturated heterocycles. The number of carbonyl (C=O) groups is 1. The van der Waals surface area contributed by atoms with Crippen LogP contribution >= 0.6 is 0 Å². The highest BCUT2D eigenvalue weighted by molar-refractivity contribution is 5.92. The summed E-state index contributed by atoms with van der Waals surface area (Å²) in [7, 11) is 0. The standard InChI is InChI=1S/C25H27N7O2/c1-2-34-21-10-8-19(9-11-21)29-23(33)17-32-25-22(16-28-32)24(26-18-27-25)31-14-12-30(13-15-31)20-6-4-3-5-7-20/h3-11,16,18H,2,12-15,17H2,1H3,(H,29,33). The highest BCUT2D eigenvalue weighted by Crippen LogP contribution is 2.25. The van der Waals surface area contributed by atoms with Crippen LogP contribution in [0.25, 0.3) is 11.0 Å². The molecule has 2 aromatic heterocycles. The Morgan fingerprint density at radius 2 is 1.71 bits per heavy atom. The molecule has 9 heteroatoms. The van der Waals surface area contributed by atoms with Crippen molar-refractivity contribution in [2.75, 3.05) is 47.9 Å². The Labute approximate surface area is 198 Å². The summed E-state index contributed by atoms with van der Waals surface area (Å²) in [5, 5.41) is 8.18. The van der Waals surface area contributed by atoms with Crippen molar-refractivity contribution in [3.63, 3.8) is 0 Å². The zero-order chi connectivity index (χ0) is 23.3. The monoisotopic (exact) mass is 457 g/mol. The van der Waals surface area contributed by atoms with Crippen LogP contribution in [0, 0.1) is 0 Å². The molecule has 0 atom stereocenters. The maximum atomic E-state index is 12.6. The van der Waals surface area contributed by atoms with Crippen LogP contribution in [0.3, 0.4) is 0 Å². The third kappa shape index (κ3) is 4.63. The van der Waals surface area contributed by atoms with Crippen LogP contribution < -0.4 is 19.9 Å². The van der Waals surface area contributed by atoms with Crippen LogP contribution in [0.4, 0.5) is 17.2 Å². The molecule has 1 aliphatic rings. The molecule has 2 aromatic carbocycles.